The van der Waals surface area contributed by atoms with Gasteiger partial charge in [0.2, 0.25) is 5.75 Å². The Hall–Kier alpha value is -2.11. The molecule has 0 aliphatic rings. The zero-order chi connectivity index (χ0) is 17.9. The first-order valence-corrected chi connectivity index (χ1v) is 6.43. The number of aliphatic hydroxyl groups is 5. The number of aromatic hydroxyl groups is 4. The van der Waals surface area contributed by atoms with Gasteiger partial charge in [-0.25, -0.2) is 0 Å². The van der Waals surface area contributed by atoms with E-state index in [0.717, 1.165) is 0 Å². The minimum atomic E-state index is -2.21. The van der Waals surface area contributed by atoms with Gasteiger partial charge in [-0.1, -0.05) is 0 Å². The Morgan fingerprint density at radius 2 is 1.48 bits per heavy atom. The molecule has 1 rings (SSSR count). The molecule has 1 aromatic rings. The Morgan fingerprint density at radius 3 is 2.00 bits per heavy atom. The van der Waals surface area contributed by atoms with Crippen LogP contribution >= 0.6 is 0 Å². The molecule has 0 spiro atoms. The molecule has 23 heavy (non-hydrogen) atoms. The molecule has 0 amide bonds. The lowest BCUT2D eigenvalue weighted by Crippen LogP contribution is -2.49. The fraction of sp³-hybridized carbons (Fsp3) is 0.462. The standard InChI is InChI=1S/C13H18O10/c14-3-8(18)12(22)13(23)11(21)6(16)1-4-5(15)2-7(17)10(20)9(4)19/h2,8,11-15,17-23H,1,3H2/t8-,11+,12-,13-/m1/s1. The van der Waals surface area contributed by atoms with Gasteiger partial charge in [0.15, 0.2) is 17.3 Å². The van der Waals surface area contributed by atoms with Gasteiger partial charge in [-0.05, 0) is 0 Å². The van der Waals surface area contributed by atoms with Gasteiger partial charge in [-0.2, -0.15) is 0 Å². The van der Waals surface area contributed by atoms with Gasteiger partial charge in [-0.3, -0.25) is 4.79 Å². The molecule has 0 bridgehead atoms. The largest absolute Gasteiger partial charge is 0.507 e. The maximum atomic E-state index is 11.8. The highest BCUT2D eigenvalue weighted by atomic mass is 16.4. The second kappa shape index (κ2) is 7.44. The van der Waals surface area contributed by atoms with Crippen molar-refractivity contribution in [2.24, 2.45) is 0 Å². The first kappa shape index (κ1) is 18.9. The molecule has 0 aromatic heterocycles. The highest BCUT2D eigenvalue weighted by Gasteiger charge is 2.34. The fourth-order valence-corrected chi connectivity index (χ4v) is 1.84. The zero-order valence-electron chi connectivity index (χ0n) is 11.7. The van der Waals surface area contributed by atoms with Crippen molar-refractivity contribution >= 4 is 5.78 Å². The highest BCUT2D eigenvalue weighted by Crippen LogP contribution is 2.42. The van der Waals surface area contributed by atoms with Crippen molar-refractivity contribution in [3.05, 3.63) is 11.6 Å². The number of phenolic OH excluding ortho intramolecular Hbond substituents is 4. The van der Waals surface area contributed by atoms with E-state index in [4.69, 9.17) is 15.3 Å². The van der Waals surface area contributed by atoms with Crippen LogP contribution in [0.4, 0.5) is 0 Å². The van der Waals surface area contributed by atoms with Crippen molar-refractivity contribution < 1.29 is 50.8 Å². The van der Waals surface area contributed by atoms with Crippen LogP contribution in [0.1, 0.15) is 5.56 Å². The van der Waals surface area contributed by atoms with E-state index in [1.54, 1.807) is 0 Å². The number of ketones is 1. The van der Waals surface area contributed by atoms with E-state index in [9.17, 15) is 35.4 Å². The SMILES string of the molecule is O=C(Cc1c(O)cc(O)c(O)c1O)[C@H](O)[C@@H](O)[C@H](O)[C@H](O)CO. The van der Waals surface area contributed by atoms with Gasteiger partial charge >= 0.3 is 0 Å². The molecule has 0 radical (unpaired) electrons. The maximum Gasteiger partial charge on any atom is 0.200 e. The van der Waals surface area contributed by atoms with Crippen molar-refractivity contribution in [3.8, 4) is 23.0 Å². The zero-order valence-corrected chi connectivity index (χ0v) is 11.7. The summed E-state index contributed by atoms with van der Waals surface area (Å²) in [5.74, 6) is -4.73. The summed E-state index contributed by atoms with van der Waals surface area (Å²) in [6.07, 6.45) is -9.02. The Kier molecular flexibility index (Phi) is 6.12. The number of hydrogen-bond donors (Lipinski definition) is 9. The molecule has 9 N–H and O–H groups in total. The average Bonchev–Trinajstić information content (AvgIpc) is 2.53. The molecule has 1 aromatic carbocycles. The Balaban J connectivity index is 2.94. The normalized spacial score (nSPS) is 16.6. The van der Waals surface area contributed by atoms with Crippen LogP contribution in [0.5, 0.6) is 23.0 Å². The number of Topliss-reactive ketones (excluding diaryl/α,β-unsaturated/α-hetero) is 1. The third-order valence-corrected chi connectivity index (χ3v) is 3.27. The molecular formula is C13H18O10. The van der Waals surface area contributed by atoms with E-state index in [2.05, 4.69) is 0 Å². The van der Waals surface area contributed by atoms with Crippen molar-refractivity contribution in [1.29, 1.82) is 0 Å². The highest BCUT2D eigenvalue weighted by molar-refractivity contribution is 5.87. The molecule has 0 heterocycles. The number of phenols is 4. The lowest BCUT2D eigenvalue weighted by atomic mass is 9.96. The number of aliphatic hydroxyl groups excluding tert-OH is 5. The Labute approximate surface area is 129 Å². The van der Waals surface area contributed by atoms with E-state index >= 15 is 0 Å². The molecule has 0 fully saturated rings. The molecule has 10 heteroatoms. The van der Waals surface area contributed by atoms with Crippen LogP contribution in [0.2, 0.25) is 0 Å². The van der Waals surface area contributed by atoms with E-state index in [1.165, 1.54) is 0 Å². The third kappa shape index (κ3) is 4.00. The molecule has 4 atom stereocenters. The molecule has 0 aliphatic carbocycles. The first-order chi connectivity index (χ1) is 10.6. The molecule has 0 saturated heterocycles. The van der Waals surface area contributed by atoms with Crippen molar-refractivity contribution in [1.82, 2.24) is 0 Å². The van der Waals surface area contributed by atoms with Gasteiger partial charge < -0.3 is 46.0 Å². The average molecular weight is 334 g/mol. The van der Waals surface area contributed by atoms with Crippen molar-refractivity contribution in [3.63, 3.8) is 0 Å². The molecule has 0 unspecified atom stereocenters. The van der Waals surface area contributed by atoms with Gasteiger partial charge in [0.25, 0.3) is 0 Å². The number of hydrogen-bond acceptors (Lipinski definition) is 10. The van der Waals surface area contributed by atoms with Gasteiger partial charge in [-0.15, -0.1) is 0 Å². The summed E-state index contributed by atoms with van der Waals surface area (Å²) in [4.78, 5) is 11.8. The molecule has 0 aliphatic heterocycles. The summed E-state index contributed by atoms with van der Waals surface area (Å²) in [6.45, 7) is -0.924. The van der Waals surface area contributed by atoms with Gasteiger partial charge in [0.05, 0.1) is 6.61 Å². The van der Waals surface area contributed by atoms with Gasteiger partial charge in [0.1, 0.15) is 30.2 Å². The van der Waals surface area contributed by atoms with Crippen LogP contribution in [0.25, 0.3) is 0 Å². The quantitative estimate of drug-likeness (QED) is 0.183. The van der Waals surface area contributed by atoms with E-state index in [0.29, 0.717) is 6.07 Å². The maximum absolute atomic E-state index is 11.8. The lowest BCUT2D eigenvalue weighted by Gasteiger charge is -2.25. The van der Waals surface area contributed by atoms with E-state index in [1.807, 2.05) is 0 Å². The molecule has 130 valence electrons. The van der Waals surface area contributed by atoms with Crippen LogP contribution < -0.4 is 0 Å². The summed E-state index contributed by atoms with van der Waals surface area (Å²) < 4.78 is 0. The Morgan fingerprint density at radius 1 is 0.913 bits per heavy atom. The summed E-state index contributed by atoms with van der Waals surface area (Å²) >= 11 is 0. The second-order valence-corrected chi connectivity index (χ2v) is 4.91. The number of rotatable bonds is 7. The first-order valence-electron chi connectivity index (χ1n) is 6.43. The third-order valence-electron chi connectivity index (χ3n) is 3.27. The fourth-order valence-electron chi connectivity index (χ4n) is 1.84. The van der Waals surface area contributed by atoms with E-state index < -0.39 is 71.8 Å². The predicted molar refractivity (Wildman–Crippen MR) is 72.9 cm³/mol. The number of benzene rings is 1. The van der Waals surface area contributed by atoms with Crippen molar-refractivity contribution in [2.45, 2.75) is 30.8 Å². The summed E-state index contributed by atoms with van der Waals surface area (Å²) in [6, 6.07) is 0.658. The van der Waals surface area contributed by atoms with Crippen LogP contribution in [-0.2, 0) is 11.2 Å². The van der Waals surface area contributed by atoms with Crippen LogP contribution in [-0.4, -0.2) is 82.8 Å². The van der Waals surface area contributed by atoms with E-state index in [-0.39, 0.29) is 0 Å². The lowest BCUT2D eigenvalue weighted by molar-refractivity contribution is -0.146. The van der Waals surface area contributed by atoms with Crippen LogP contribution in [0.15, 0.2) is 6.07 Å². The monoisotopic (exact) mass is 334 g/mol. The second-order valence-electron chi connectivity index (χ2n) is 4.91. The molecular weight excluding hydrogens is 316 g/mol. The smallest absolute Gasteiger partial charge is 0.200 e. The topological polar surface area (TPSA) is 199 Å². The minimum Gasteiger partial charge on any atom is -0.507 e. The van der Waals surface area contributed by atoms with Crippen molar-refractivity contribution in [2.75, 3.05) is 6.61 Å². The van der Waals surface area contributed by atoms with Gasteiger partial charge in [0, 0.05) is 18.1 Å². The number of carbonyl (C=O) groups excluding carboxylic acids is 1. The number of carbonyl (C=O) groups is 1. The summed E-state index contributed by atoms with van der Waals surface area (Å²) in [7, 11) is 0. The Bertz CT molecular complexity index is 572. The summed E-state index contributed by atoms with van der Waals surface area (Å²) in [5.41, 5.74) is -0.520. The van der Waals surface area contributed by atoms with Crippen LogP contribution in [0, 0.1) is 0 Å². The summed E-state index contributed by atoms with van der Waals surface area (Å²) in [5, 5.41) is 84.0. The minimum absolute atomic E-state index is 0.520. The molecule has 0 saturated carbocycles. The molecule has 10 nitrogen and oxygen atoms in total. The predicted octanol–water partition coefficient (Wildman–Crippen LogP) is -2.94. The van der Waals surface area contributed by atoms with Crippen LogP contribution in [0.3, 0.4) is 0 Å².